The molecule has 1 aliphatic heterocycles. The van der Waals surface area contributed by atoms with E-state index < -0.39 is 4.46 Å². The normalized spacial score (nSPS) is 25.7. The molecule has 138 valence electrons. The Hall–Kier alpha value is 0.830. The van der Waals surface area contributed by atoms with Crippen molar-refractivity contribution in [2.75, 3.05) is 13.6 Å². The highest BCUT2D eigenvalue weighted by Crippen LogP contribution is 2.57. The molecule has 0 aromatic heterocycles. The van der Waals surface area contributed by atoms with E-state index in [4.69, 9.17) is 34.8 Å². The number of likely N-dealkylation sites (N-methyl/N-ethyl adjacent to an activating group) is 1. The molecule has 1 saturated heterocycles. The molecule has 2 atom stereocenters. The first-order chi connectivity index (χ1) is 11.0. The van der Waals surface area contributed by atoms with E-state index in [9.17, 15) is 0 Å². The van der Waals surface area contributed by atoms with E-state index in [1.807, 2.05) is 0 Å². The first-order valence-electron chi connectivity index (χ1n) is 9.84. The van der Waals surface area contributed by atoms with Crippen LogP contribution < -0.4 is 0 Å². The predicted octanol–water partition coefficient (Wildman–Crippen LogP) is 7.62. The van der Waals surface area contributed by atoms with Crippen LogP contribution in [0.5, 0.6) is 0 Å². The summed E-state index contributed by atoms with van der Waals surface area (Å²) in [6, 6.07) is 0. The van der Waals surface area contributed by atoms with Crippen LogP contribution in [0.25, 0.3) is 0 Å². The lowest BCUT2D eigenvalue weighted by atomic mass is 10.0. The van der Waals surface area contributed by atoms with E-state index in [-0.39, 0.29) is 5.50 Å². The van der Waals surface area contributed by atoms with Gasteiger partial charge in [0.1, 0.15) is 0 Å². The summed E-state index contributed by atoms with van der Waals surface area (Å²) in [5.74, 6) is 0. The van der Waals surface area contributed by atoms with Gasteiger partial charge in [0, 0.05) is 0 Å². The third-order valence-electron chi connectivity index (χ3n) is 5.38. The fraction of sp³-hybridized carbons (Fsp3) is 1.00. The van der Waals surface area contributed by atoms with Crippen LogP contribution in [0.2, 0.25) is 0 Å². The minimum Gasteiger partial charge on any atom is -0.266 e. The maximum absolute atomic E-state index is 6.16. The second-order valence-corrected chi connectivity index (χ2v) is 9.27. The number of nitrogens with zero attached hydrogens (tertiary/aromatic N) is 1. The Morgan fingerprint density at radius 3 is 1.30 bits per heavy atom. The summed E-state index contributed by atoms with van der Waals surface area (Å²) in [4.78, 5) is 0. The van der Waals surface area contributed by atoms with E-state index in [2.05, 4.69) is 14.0 Å². The average Bonchev–Trinajstić information content (AvgIpc) is 2.91. The molecule has 0 bridgehead atoms. The number of halogens is 3. The smallest absolute Gasteiger partial charge is 0.266 e. The standard InChI is InChI=1S/C19H37Cl3N/c1-3-4-5-6-7-8-9-10-11-12-13-14-15-16-17-23(2)18(20)19(23,21)22/h18H,3-17H2,1-2H3/q+1. The van der Waals surface area contributed by atoms with Gasteiger partial charge in [0.25, 0.3) is 5.50 Å². The van der Waals surface area contributed by atoms with Gasteiger partial charge in [-0.25, -0.2) is 0 Å². The van der Waals surface area contributed by atoms with Crippen molar-refractivity contribution in [3.8, 4) is 0 Å². The van der Waals surface area contributed by atoms with Crippen LogP contribution in [0.4, 0.5) is 0 Å². The molecule has 1 heterocycles. The number of rotatable bonds is 15. The Bertz CT molecular complexity index is 309. The van der Waals surface area contributed by atoms with E-state index in [0.29, 0.717) is 4.48 Å². The molecule has 0 spiro atoms. The Morgan fingerprint density at radius 1 is 0.696 bits per heavy atom. The summed E-state index contributed by atoms with van der Waals surface area (Å²) >= 11 is 18.5. The average molecular weight is 386 g/mol. The van der Waals surface area contributed by atoms with Crippen LogP contribution in [-0.4, -0.2) is 28.0 Å². The minimum atomic E-state index is -0.752. The highest BCUT2D eigenvalue weighted by atomic mass is 35.5. The molecule has 1 nitrogen and oxygen atoms in total. The molecular weight excluding hydrogens is 349 g/mol. The van der Waals surface area contributed by atoms with Crippen molar-refractivity contribution in [2.45, 2.75) is 107 Å². The second-order valence-electron chi connectivity index (χ2n) is 7.51. The van der Waals surface area contributed by atoms with E-state index in [1.54, 1.807) is 0 Å². The molecular formula is C19H37Cl3N+. The van der Waals surface area contributed by atoms with Gasteiger partial charge in [0.2, 0.25) is 0 Å². The van der Waals surface area contributed by atoms with E-state index in [0.717, 1.165) is 6.54 Å². The van der Waals surface area contributed by atoms with Crippen molar-refractivity contribution in [1.82, 2.24) is 0 Å². The van der Waals surface area contributed by atoms with Gasteiger partial charge in [0.05, 0.1) is 13.6 Å². The van der Waals surface area contributed by atoms with Gasteiger partial charge >= 0.3 is 4.46 Å². The first-order valence-corrected chi connectivity index (χ1v) is 11.0. The Labute approximate surface area is 159 Å². The molecule has 0 amide bonds. The summed E-state index contributed by atoms with van der Waals surface area (Å²) in [6.45, 7) is 3.28. The number of unbranched alkanes of at least 4 members (excludes halogenated alkanes) is 13. The summed E-state index contributed by atoms with van der Waals surface area (Å²) in [7, 11) is 2.06. The van der Waals surface area contributed by atoms with Crippen molar-refractivity contribution in [2.24, 2.45) is 0 Å². The predicted molar refractivity (Wildman–Crippen MR) is 105 cm³/mol. The molecule has 2 unspecified atom stereocenters. The largest absolute Gasteiger partial charge is 0.320 e. The van der Waals surface area contributed by atoms with Gasteiger partial charge in [-0.2, -0.15) is 0 Å². The van der Waals surface area contributed by atoms with Crippen LogP contribution in [0.3, 0.4) is 0 Å². The summed E-state index contributed by atoms with van der Waals surface area (Å²) in [5.41, 5.74) is -0.132. The molecule has 1 fully saturated rings. The Kier molecular flexibility index (Phi) is 10.9. The zero-order valence-electron chi connectivity index (χ0n) is 15.3. The van der Waals surface area contributed by atoms with Crippen LogP contribution in [-0.2, 0) is 0 Å². The van der Waals surface area contributed by atoms with Crippen molar-refractivity contribution in [1.29, 1.82) is 0 Å². The molecule has 1 aliphatic rings. The molecule has 1 rings (SSSR count). The van der Waals surface area contributed by atoms with Gasteiger partial charge in [-0.05, 0) is 47.6 Å². The quantitative estimate of drug-likeness (QED) is 0.0893. The highest BCUT2D eigenvalue weighted by molar-refractivity contribution is 6.53. The fourth-order valence-electron chi connectivity index (χ4n) is 3.36. The lowest BCUT2D eigenvalue weighted by Gasteiger charge is -2.14. The summed E-state index contributed by atoms with van der Waals surface area (Å²) < 4.78 is -0.145. The maximum Gasteiger partial charge on any atom is 0.320 e. The minimum absolute atomic E-state index is 0.132. The van der Waals surface area contributed by atoms with Crippen molar-refractivity contribution in [3.63, 3.8) is 0 Å². The van der Waals surface area contributed by atoms with Gasteiger partial charge < -0.3 is 0 Å². The molecule has 0 aromatic carbocycles. The number of hydrogen-bond acceptors (Lipinski definition) is 0. The first kappa shape index (κ1) is 21.9. The van der Waals surface area contributed by atoms with Crippen molar-refractivity contribution in [3.05, 3.63) is 0 Å². The lowest BCUT2D eigenvalue weighted by Crippen LogP contribution is -2.27. The van der Waals surface area contributed by atoms with Gasteiger partial charge in [-0.15, -0.1) is 0 Å². The number of hydrogen-bond donors (Lipinski definition) is 0. The van der Waals surface area contributed by atoms with E-state index >= 15 is 0 Å². The second kappa shape index (κ2) is 11.4. The Morgan fingerprint density at radius 2 is 1.00 bits per heavy atom. The fourth-order valence-corrected chi connectivity index (χ4v) is 4.57. The third-order valence-corrected chi connectivity index (χ3v) is 7.53. The summed E-state index contributed by atoms with van der Waals surface area (Å²) in [5, 5.41) is 0. The summed E-state index contributed by atoms with van der Waals surface area (Å²) in [6.07, 6.45) is 19.4. The molecule has 0 radical (unpaired) electrons. The molecule has 0 aromatic rings. The zero-order chi connectivity index (χ0) is 17.2. The van der Waals surface area contributed by atoms with Crippen LogP contribution in [0.1, 0.15) is 96.8 Å². The van der Waals surface area contributed by atoms with E-state index in [1.165, 1.54) is 89.9 Å². The lowest BCUT2D eigenvalue weighted by molar-refractivity contribution is -0.797. The molecule has 23 heavy (non-hydrogen) atoms. The van der Waals surface area contributed by atoms with Gasteiger partial charge in [-0.1, -0.05) is 84.0 Å². The van der Waals surface area contributed by atoms with Gasteiger partial charge in [0.15, 0.2) is 0 Å². The molecule has 0 aliphatic carbocycles. The number of quaternary nitrogens is 1. The van der Waals surface area contributed by atoms with Crippen LogP contribution >= 0.6 is 34.8 Å². The SMILES string of the molecule is CCCCCCCCCCCCCCCC[N+]1(C)C(Cl)C1(Cl)Cl. The number of alkyl halides is 3. The maximum atomic E-state index is 6.16. The van der Waals surface area contributed by atoms with Crippen LogP contribution in [0.15, 0.2) is 0 Å². The molecule has 0 N–H and O–H groups in total. The highest BCUT2D eigenvalue weighted by Gasteiger charge is 2.75. The zero-order valence-corrected chi connectivity index (χ0v) is 17.5. The van der Waals surface area contributed by atoms with Crippen molar-refractivity contribution < 1.29 is 4.48 Å². The monoisotopic (exact) mass is 384 g/mol. The van der Waals surface area contributed by atoms with Crippen molar-refractivity contribution >= 4 is 34.8 Å². The Balaban J connectivity index is 1.77. The third kappa shape index (κ3) is 7.30. The van der Waals surface area contributed by atoms with Crippen LogP contribution in [0, 0.1) is 0 Å². The molecule has 0 saturated carbocycles. The topological polar surface area (TPSA) is 0 Å². The van der Waals surface area contributed by atoms with Gasteiger partial charge in [-0.3, -0.25) is 4.48 Å². The molecule has 4 heteroatoms.